The SMILES string of the molecule is Cc1nc(Br)cc(Nc2ccc(Cl)c(Br)c2)n1. The Morgan fingerprint density at radius 3 is 2.59 bits per heavy atom. The molecule has 2 rings (SSSR count). The number of benzene rings is 1. The Morgan fingerprint density at radius 1 is 1.18 bits per heavy atom. The third-order valence-corrected chi connectivity index (χ3v) is 3.62. The quantitative estimate of drug-likeness (QED) is 0.771. The highest BCUT2D eigenvalue weighted by molar-refractivity contribution is 9.10. The van der Waals surface area contributed by atoms with Crippen LogP contribution in [0.25, 0.3) is 0 Å². The van der Waals surface area contributed by atoms with Crippen LogP contribution in [0.1, 0.15) is 5.82 Å². The number of aromatic nitrogens is 2. The first-order valence-corrected chi connectivity index (χ1v) is 6.74. The summed E-state index contributed by atoms with van der Waals surface area (Å²) in [5.41, 5.74) is 0.909. The molecule has 0 saturated heterocycles. The van der Waals surface area contributed by atoms with Crippen LogP contribution in [0.3, 0.4) is 0 Å². The second-order valence-corrected chi connectivity index (χ2v) is 5.45. The maximum absolute atomic E-state index is 5.93. The maximum Gasteiger partial charge on any atom is 0.135 e. The van der Waals surface area contributed by atoms with Crippen LogP contribution in [0, 0.1) is 6.92 Å². The fraction of sp³-hybridized carbons (Fsp3) is 0.0909. The van der Waals surface area contributed by atoms with Gasteiger partial charge in [-0.3, -0.25) is 0 Å². The predicted molar refractivity (Wildman–Crippen MR) is 76.9 cm³/mol. The smallest absolute Gasteiger partial charge is 0.135 e. The first-order valence-electron chi connectivity index (χ1n) is 4.78. The molecule has 6 heteroatoms. The molecule has 0 aliphatic heterocycles. The first-order chi connectivity index (χ1) is 8.04. The van der Waals surface area contributed by atoms with Crippen molar-refractivity contribution in [3.8, 4) is 0 Å². The molecule has 0 saturated carbocycles. The van der Waals surface area contributed by atoms with Crippen LogP contribution >= 0.6 is 43.5 Å². The van der Waals surface area contributed by atoms with Crippen molar-refractivity contribution in [2.24, 2.45) is 0 Å². The van der Waals surface area contributed by atoms with Gasteiger partial charge >= 0.3 is 0 Å². The van der Waals surface area contributed by atoms with E-state index in [1.165, 1.54) is 0 Å². The number of nitrogens with zero attached hydrogens (tertiary/aromatic N) is 2. The zero-order valence-corrected chi connectivity index (χ0v) is 12.8. The second-order valence-electron chi connectivity index (χ2n) is 3.38. The zero-order valence-electron chi connectivity index (χ0n) is 8.84. The van der Waals surface area contributed by atoms with E-state index in [1.807, 2.05) is 31.2 Å². The third-order valence-electron chi connectivity index (χ3n) is 2.00. The van der Waals surface area contributed by atoms with Crippen LogP contribution in [-0.4, -0.2) is 9.97 Å². The molecule has 0 aliphatic carbocycles. The van der Waals surface area contributed by atoms with E-state index in [0.29, 0.717) is 10.8 Å². The standard InChI is InChI=1S/C11H8Br2ClN3/c1-6-15-10(13)5-11(16-6)17-7-2-3-9(14)8(12)4-7/h2-5H,1H3,(H,15,16,17). The molecule has 0 unspecified atom stereocenters. The molecule has 0 fully saturated rings. The molecule has 0 radical (unpaired) electrons. The van der Waals surface area contributed by atoms with E-state index >= 15 is 0 Å². The van der Waals surface area contributed by atoms with Gasteiger partial charge < -0.3 is 5.32 Å². The number of halogens is 3. The zero-order chi connectivity index (χ0) is 12.4. The lowest BCUT2D eigenvalue weighted by molar-refractivity contribution is 1.04. The van der Waals surface area contributed by atoms with Gasteiger partial charge in [-0.1, -0.05) is 11.6 Å². The lowest BCUT2D eigenvalue weighted by Gasteiger charge is -2.07. The van der Waals surface area contributed by atoms with Crippen molar-refractivity contribution in [2.75, 3.05) is 5.32 Å². The summed E-state index contributed by atoms with van der Waals surface area (Å²) in [6.07, 6.45) is 0. The number of hydrogen-bond acceptors (Lipinski definition) is 3. The van der Waals surface area contributed by atoms with Crippen molar-refractivity contribution in [3.05, 3.63) is 44.2 Å². The Balaban J connectivity index is 2.28. The van der Waals surface area contributed by atoms with Gasteiger partial charge in [-0.05, 0) is 57.0 Å². The van der Waals surface area contributed by atoms with Gasteiger partial charge in [-0.25, -0.2) is 9.97 Å². The summed E-state index contributed by atoms with van der Waals surface area (Å²) in [5.74, 6) is 1.44. The van der Waals surface area contributed by atoms with E-state index in [-0.39, 0.29) is 0 Å². The van der Waals surface area contributed by atoms with Crippen LogP contribution in [-0.2, 0) is 0 Å². The summed E-state index contributed by atoms with van der Waals surface area (Å²) in [7, 11) is 0. The highest BCUT2D eigenvalue weighted by Gasteiger charge is 2.02. The van der Waals surface area contributed by atoms with Crippen LogP contribution in [0.15, 0.2) is 33.3 Å². The largest absolute Gasteiger partial charge is 0.340 e. The van der Waals surface area contributed by atoms with Gasteiger partial charge in [0.2, 0.25) is 0 Å². The van der Waals surface area contributed by atoms with E-state index in [9.17, 15) is 0 Å². The fourth-order valence-corrected chi connectivity index (χ4v) is 2.29. The van der Waals surface area contributed by atoms with Crippen LogP contribution in [0.5, 0.6) is 0 Å². The summed E-state index contributed by atoms with van der Waals surface area (Å²) in [4.78, 5) is 8.42. The van der Waals surface area contributed by atoms with Crippen molar-refractivity contribution < 1.29 is 0 Å². The van der Waals surface area contributed by atoms with Gasteiger partial charge in [0.1, 0.15) is 16.2 Å². The number of aryl methyl sites for hydroxylation is 1. The van der Waals surface area contributed by atoms with Crippen molar-refractivity contribution in [1.82, 2.24) is 9.97 Å². The number of anilines is 2. The predicted octanol–water partition coefficient (Wildman–Crippen LogP) is 4.71. The van der Waals surface area contributed by atoms with E-state index in [0.717, 1.165) is 20.6 Å². The van der Waals surface area contributed by atoms with Crippen molar-refractivity contribution >= 4 is 55.0 Å². The van der Waals surface area contributed by atoms with Gasteiger partial charge in [-0.15, -0.1) is 0 Å². The Bertz CT molecular complexity index is 540. The van der Waals surface area contributed by atoms with Crippen LogP contribution in [0.2, 0.25) is 5.02 Å². The van der Waals surface area contributed by atoms with E-state index < -0.39 is 0 Å². The molecule has 0 aliphatic rings. The number of rotatable bonds is 2. The van der Waals surface area contributed by atoms with E-state index in [1.54, 1.807) is 0 Å². The molecule has 1 aromatic heterocycles. The van der Waals surface area contributed by atoms with E-state index in [2.05, 4.69) is 47.1 Å². The summed E-state index contributed by atoms with van der Waals surface area (Å²) in [6.45, 7) is 1.84. The Morgan fingerprint density at radius 2 is 1.94 bits per heavy atom. The minimum Gasteiger partial charge on any atom is -0.340 e. The Hall–Kier alpha value is -0.650. The average Bonchev–Trinajstić information content (AvgIpc) is 2.22. The molecule has 1 heterocycles. The summed E-state index contributed by atoms with van der Waals surface area (Å²) in [6, 6.07) is 7.42. The molecular formula is C11H8Br2ClN3. The average molecular weight is 377 g/mol. The molecule has 2 aromatic rings. The van der Waals surface area contributed by atoms with E-state index in [4.69, 9.17) is 11.6 Å². The monoisotopic (exact) mass is 375 g/mol. The van der Waals surface area contributed by atoms with Crippen molar-refractivity contribution in [2.45, 2.75) is 6.92 Å². The molecule has 0 bridgehead atoms. The van der Waals surface area contributed by atoms with Gasteiger partial charge in [0.15, 0.2) is 0 Å². The molecule has 0 amide bonds. The number of nitrogens with one attached hydrogen (secondary N) is 1. The van der Waals surface area contributed by atoms with Gasteiger partial charge in [0, 0.05) is 16.2 Å². The Labute approximate surface area is 121 Å². The topological polar surface area (TPSA) is 37.8 Å². The summed E-state index contributed by atoms with van der Waals surface area (Å²) < 4.78 is 1.59. The minimum atomic E-state index is 0.676. The van der Waals surface area contributed by atoms with Gasteiger partial charge in [0.05, 0.1) is 5.02 Å². The first kappa shape index (κ1) is 12.8. The minimum absolute atomic E-state index is 0.676. The van der Waals surface area contributed by atoms with Crippen molar-refractivity contribution in [1.29, 1.82) is 0 Å². The lowest BCUT2D eigenvalue weighted by atomic mass is 10.3. The highest BCUT2D eigenvalue weighted by Crippen LogP contribution is 2.27. The fourth-order valence-electron chi connectivity index (χ4n) is 1.32. The Kier molecular flexibility index (Phi) is 4.01. The van der Waals surface area contributed by atoms with Gasteiger partial charge in [-0.2, -0.15) is 0 Å². The summed E-state index contributed by atoms with van der Waals surface area (Å²) in [5, 5.41) is 3.86. The molecule has 0 spiro atoms. The maximum atomic E-state index is 5.93. The molecule has 1 N–H and O–H groups in total. The molecule has 17 heavy (non-hydrogen) atoms. The molecule has 88 valence electrons. The molecular weight excluding hydrogens is 369 g/mol. The molecule has 3 nitrogen and oxygen atoms in total. The normalized spacial score (nSPS) is 10.4. The third kappa shape index (κ3) is 3.40. The van der Waals surface area contributed by atoms with Crippen LogP contribution < -0.4 is 5.32 Å². The lowest BCUT2D eigenvalue weighted by Crippen LogP contribution is -1.97. The second kappa shape index (κ2) is 5.33. The van der Waals surface area contributed by atoms with Gasteiger partial charge in [0.25, 0.3) is 0 Å². The molecule has 0 atom stereocenters. The van der Waals surface area contributed by atoms with Crippen molar-refractivity contribution in [3.63, 3.8) is 0 Å². The van der Waals surface area contributed by atoms with Crippen LogP contribution in [0.4, 0.5) is 11.5 Å². The summed E-state index contributed by atoms with van der Waals surface area (Å²) >= 11 is 12.6. The highest BCUT2D eigenvalue weighted by atomic mass is 79.9. The number of hydrogen-bond donors (Lipinski definition) is 1. The molecule has 1 aromatic carbocycles.